The van der Waals surface area contributed by atoms with Gasteiger partial charge in [0, 0.05) is 12.7 Å². The number of hydrogen-bond donors (Lipinski definition) is 1. The maximum atomic E-state index is 12.5. The molecule has 2 heterocycles. The molecule has 4 rings (SSSR count). The molecule has 2 aliphatic heterocycles. The molecular formula is C21H22O7. The fourth-order valence-electron chi connectivity index (χ4n) is 3.43. The van der Waals surface area contributed by atoms with Gasteiger partial charge in [-0.05, 0) is 12.1 Å². The van der Waals surface area contributed by atoms with Gasteiger partial charge in [0.2, 0.25) is 0 Å². The molecule has 0 radical (unpaired) electrons. The van der Waals surface area contributed by atoms with Crippen LogP contribution in [0.1, 0.15) is 22.2 Å². The average molecular weight is 386 g/mol. The molecule has 2 fully saturated rings. The Bertz CT molecular complexity index is 782. The first kappa shape index (κ1) is 19.0. The number of fused-ring (bicyclic) bond motifs is 1. The van der Waals surface area contributed by atoms with Gasteiger partial charge < -0.3 is 28.8 Å². The highest BCUT2D eigenvalue weighted by atomic mass is 16.8. The fourth-order valence-corrected chi connectivity index (χ4v) is 3.43. The van der Waals surface area contributed by atoms with Crippen LogP contribution in [0.3, 0.4) is 0 Å². The molecule has 4 unspecified atom stereocenters. The van der Waals surface area contributed by atoms with E-state index in [1.54, 1.807) is 30.3 Å². The normalized spacial score (nSPS) is 32.4. The van der Waals surface area contributed by atoms with Crippen LogP contribution in [0, 0.1) is 0 Å². The topological polar surface area (TPSA) is 83.5 Å². The van der Waals surface area contributed by atoms with Crippen LogP contribution in [-0.2, 0) is 23.7 Å². The Kier molecular flexibility index (Phi) is 5.70. The molecule has 0 spiro atoms. The van der Waals surface area contributed by atoms with Crippen LogP contribution in [-0.4, -0.2) is 55.5 Å². The largest absolute Gasteiger partial charge is 0.450 e. The molecule has 2 aromatic rings. The van der Waals surface area contributed by atoms with E-state index in [1.807, 2.05) is 30.3 Å². The Morgan fingerprint density at radius 3 is 2.39 bits per heavy atom. The van der Waals surface area contributed by atoms with E-state index in [-0.39, 0.29) is 6.61 Å². The molecule has 148 valence electrons. The van der Waals surface area contributed by atoms with Gasteiger partial charge in [0.15, 0.2) is 18.7 Å². The van der Waals surface area contributed by atoms with Gasteiger partial charge in [0.05, 0.1) is 12.2 Å². The smallest absolute Gasteiger partial charge is 0.338 e. The van der Waals surface area contributed by atoms with Crippen molar-refractivity contribution in [2.75, 3.05) is 13.7 Å². The van der Waals surface area contributed by atoms with E-state index in [0.29, 0.717) is 5.56 Å². The molecule has 1 N–H and O–H groups in total. The molecule has 7 nitrogen and oxygen atoms in total. The minimum atomic E-state index is -1.13. The second-order valence-electron chi connectivity index (χ2n) is 6.68. The summed E-state index contributed by atoms with van der Waals surface area (Å²) in [5.74, 6) is -0.569. The molecule has 2 aromatic carbocycles. The third-order valence-corrected chi connectivity index (χ3v) is 4.87. The lowest BCUT2D eigenvalue weighted by molar-refractivity contribution is -0.357. The molecule has 0 saturated carbocycles. The predicted molar refractivity (Wildman–Crippen MR) is 97.3 cm³/mol. The zero-order valence-electron chi connectivity index (χ0n) is 15.3. The Hall–Kier alpha value is -2.29. The van der Waals surface area contributed by atoms with Gasteiger partial charge in [0.1, 0.15) is 18.3 Å². The summed E-state index contributed by atoms with van der Waals surface area (Å²) in [6, 6.07) is 18.0. The summed E-state index contributed by atoms with van der Waals surface area (Å²) in [5.41, 5.74) is 1.21. The van der Waals surface area contributed by atoms with E-state index in [2.05, 4.69) is 0 Å². The Morgan fingerprint density at radius 1 is 1.04 bits per heavy atom. The van der Waals surface area contributed by atoms with Crippen LogP contribution < -0.4 is 0 Å². The molecule has 7 heteroatoms. The van der Waals surface area contributed by atoms with Gasteiger partial charge in [-0.25, -0.2) is 4.79 Å². The van der Waals surface area contributed by atoms with Gasteiger partial charge in [-0.1, -0.05) is 48.5 Å². The number of methoxy groups -OCH3 is 1. The van der Waals surface area contributed by atoms with E-state index in [1.165, 1.54) is 7.11 Å². The monoisotopic (exact) mass is 386 g/mol. The van der Waals surface area contributed by atoms with E-state index < -0.39 is 43.0 Å². The molecule has 6 atom stereocenters. The van der Waals surface area contributed by atoms with Crippen LogP contribution in [0.4, 0.5) is 0 Å². The number of rotatable bonds is 4. The summed E-state index contributed by atoms with van der Waals surface area (Å²) in [4.78, 5) is 12.5. The first-order valence-electron chi connectivity index (χ1n) is 9.11. The van der Waals surface area contributed by atoms with Gasteiger partial charge >= 0.3 is 5.97 Å². The molecule has 0 aliphatic carbocycles. The van der Waals surface area contributed by atoms with Gasteiger partial charge in [-0.3, -0.25) is 0 Å². The van der Waals surface area contributed by atoms with Crippen molar-refractivity contribution in [1.29, 1.82) is 0 Å². The van der Waals surface area contributed by atoms with Crippen LogP contribution in [0.25, 0.3) is 0 Å². The van der Waals surface area contributed by atoms with E-state index >= 15 is 0 Å². The summed E-state index contributed by atoms with van der Waals surface area (Å²) in [5, 5.41) is 10.9. The van der Waals surface area contributed by atoms with E-state index in [9.17, 15) is 9.90 Å². The molecule has 28 heavy (non-hydrogen) atoms. The van der Waals surface area contributed by atoms with E-state index in [4.69, 9.17) is 23.7 Å². The maximum Gasteiger partial charge on any atom is 0.338 e. The zero-order chi connectivity index (χ0) is 19.5. The number of carbonyl (C=O) groups is 1. The van der Waals surface area contributed by atoms with Crippen LogP contribution in [0.5, 0.6) is 0 Å². The molecule has 0 bridgehead atoms. The highest BCUT2D eigenvalue weighted by Crippen LogP contribution is 2.35. The number of esters is 1. The van der Waals surface area contributed by atoms with Crippen molar-refractivity contribution in [2.24, 2.45) is 0 Å². The highest BCUT2D eigenvalue weighted by molar-refractivity contribution is 5.89. The SMILES string of the molecule is CO[C@@H]1OC2COC(c3ccccc3)O[C@@H]2C(O)C1OC(=O)c1ccccc1. The zero-order valence-corrected chi connectivity index (χ0v) is 15.3. The highest BCUT2D eigenvalue weighted by Gasteiger charge is 2.51. The lowest BCUT2D eigenvalue weighted by Crippen LogP contribution is -2.63. The van der Waals surface area contributed by atoms with Crippen molar-refractivity contribution in [3.8, 4) is 0 Å². The van der Waals surface area contributed by atoms with Crippen LogP contribution >= 0.6 is 0 Å². The van der Waals surface area contributed by atoms with Crippen molar-refractivity contribution >= 4 is 5.97 Å². The van der Waals surface area contributed by atoms with Gasteiger partial charge in [0.25, 0.3) is 0 Å². The lowest BCUT2D eigenvalue weighted by atomic mass is 9.97. The number of hydrogen-bond acceptors (Lipinski definition) is 7. The minimum absolute atomic E-state index is 0.223. The number of aliphatic hydroxyl groups excluding tert-OH is 1. The maximum absolute atomic E-state index is 12.5. The Balaban J connectivity index is 1.50. The van der Waals surface area contributed by atoms with Crippen LogP contribution in [0.15, 0.2) is 60.7 Å². The molecule has 0 aromatic heterocycles. The third-order valence-electron chi connectivity index (χ3n) is 4.87. The summed E-state index contributed by atoms with van der Waals surface area (Å²) in [6.45, 7) is 0.223. The number of ether oxygens (including phenoxy) is 5. The molecular weight excluding hydrogens is 364 g/mol. The number of aliphatic hydroxyl groups is 1. The summed E-state index contributed by atoms with van der Waals surface area (Å²) in [6.07, 6.45) is -4.99. The van der Waals surface area contributed by atoms with Crippen molar-refractivity contribution in [3.63, 3.8) is 0 Å². The molecule has 2 aliphatic rings. The van der Waals surface area contributed by atoms with Crippen LogP contribution in [0.2, 0.25) is 0 Å². The second kappa shape index (κ2) is 8.38. The number of benzene rings is 2. The van der Waals surface area contributed by atoms with Crippen molar-refractivity contribution in [1.82, 2.24) is 0 Å². The van der Waals surface area contributed by atoms with Crippen molar-refractivity contribution in [3.05, 3.63) is 71.8 Å². The Labute approximate surface area is 162 Å². The van der Waals surface area contributed by atoms with Gasteiger partial charge in [-0.15, -0.1) is 0 Å². The minimum Gasteiger partial charge on any atom is -0.450 e. The standard InChI is InChI=1S/C21H22O7/c1-24-21-18(27-19(23)13-8-4-2-5-9-13)16(22)17-15(26-21)12-25-20(28-17)14-10-6-3-7-11-14/h2-11,15-18,20-22H,12H2,1H3/t15?,16?,17-,18?,20?,21+/m0/s1. The van der Waals surface area contributed by atoms with E-state index in [0.717, 1.165) is 5.56 Å². The lowest BCUT2D eigenvalue weighted by Gasteiger charge is -2.46. The first-order valence-corrected chi connectivity index (χ1v) is 9.11. The third kappa shape index (κ3) is 3.80. The second-order valence-corrected chi connectivity index (χ2v) is 6.68. The molecule has 2 saturated heterocycles. The van der Waals surface area contributed by atoms with Crippen molar-refractivity contribution in [2.45, 2.75) is 37.0 Å². The Morgan fingerprint density at radius 2 is 1.71 bits per heavy atom. The number of carbonyl (C=O) groups excluding carboxylic acids is 1. The fraction of sp³-hybridized carbons (Fsp3) is 0.381. The quantitative estimate of drug-likeness (QED) is 0.806. The summed E-state index contributed by atoms with van der Waals surface area (Å²) >= 11 is 0. The van der Waals surface area contributed by atoms with Crippen molar-refractivity contribution < 1.29 is 33.6 Å². The first-order chi connectivity index (χ1) is 13.7. The summed E-state index contributed by atoms with van der Waals surface area (Å²) in [7, 11) is 1.43. The average Bonchev–Trinajstić information content (AvgIpc) is 2.76. The molecule has 0 amide bonds. The summed E-state index contributed by atoms with van der Waals surface area (Å²) < 4.78 is 28.4. The predicted octanol–water partition coefficient (Wildman–Crippen LogP) is 2.06. The van der Waals surface area contributed by atoms with Gasteiger partial charge in [-0.2, -0.15) is 0 Å².